The van der Waals surface area contributed by atoms with E-state index in [-0.39, 0.29) is 24.2 Å². The number of benzene rings is 2. The molecule has 0 aliphatic carbocycles. The van der Waals surface area contributed by atoms with Gasteiger partial charge >= 0.3 is 0 Å². The number of hydrogen-bond acceptors (Lipinski definition) is 4. The lowest BCUT2D eigenvalue weighted by molar-refractivity contribution is -0.123. The highest BCUT2D eigenvalue weighted by molar-refractivity contribution is 8.00. The minimum absolute atomic E-state index is 0.0265. The summed E-state index contributed by atoms with van der Waals surface area (Å²) in [6.45, 7) is 0.183. The number of hydrogen-bond donors (Lipinski definition) is 2. The topological polar surface area (TPSA) is 67.4 Å². The fourth-order valence-corrected chi connectivity index (χ4v) is 2.96. The molecule has 0 bridgehead atoms. The summed E-state index contributed by atoms with van der Waals surface area (Å²) in [7, 11) is 0. The van der Waals surface area contributed by atoms with Crippen LogP contribution in [0.25, 0.3) is 0 Å². The van der Waals surface area contributed by atoms with Crippen molar-refractivity contribution in [3.63, 3.8) is 0 Å². The minimum Gasteiger partial charge on any atom is -0.484 e. The van der Waals surface area contributed by atoms with E-state index in [0.29, 0.717) is 18.0 Å². The second-order valence-corrected chi connectivity index (χ2v) is 6.20. The summed E-state index contributed by atoms with van der Waals surface area (Å²) in [4.78, 5) is 24.2. The number of halogens is 1. The Morgan fingerprint density at radius 3 is 2.83 bits per heavy atom. The highest BCUT2D eigenvalue weighted by atomic mass is 32.2. The molecule has 5 nitrogen and oxygen atoms in total. The van der Waals surface area contributed by atoms with Gasteiger partial charge in [0, 0.05) is 11.4 Å². The average molecular weight is 346 g/mol. The van der Waals surface area contributed by atoms with Crippen LogP contribution >= 0.6 is 11.8 Å². The lowest BCUT2D eigenvalue weighted by atomic mass is 10.2. The fourth-order valence-electron chi connectivity index (χ4n) is 2.17. The van der Waals surface area contributed by atoms with Crippen LogP contribution < -0.4 is 15.4 Å². The predicted molar refractivity (Wildman–Crippen MR) is 89.5 cm³/mol. The van der Waals surface area contributed by atoms with E-state index in [1.54, 1.807) is 0 Å². The predicted octanol–water partition coefficient (Wildman–Crippen LogP) is 2.57. The summed E-state index contributed by atoms with van der Waals surface area (Å²) >= 11 is 1.49. The molecule has 2 amide bonds. The second-order valence-electron chi connectivity index (χ2n) is 5.19. The molecule has 1 heterocycles. The Balaban J connectivity index is 1.50. The van der Waals surface area contributed by atoms with Gasteiger partial charge in [-0.15, -0.1) is 11.8 Å². The van der Waals surface area contributed by atoms with Gasteiger partial charge in [0.2, 0.25) is 5.91 Å². The number of thioether (sulfide) groups is 1. The summed E-state index contributed by atoms with van der Waals surface area (Å²) in [5.74, 6) is 0.186. The molecular formula is C17H15FN2O3S. The lowest BCUT2D eigenvalue weighted by Gasteiger charge is -2.17. The third-order valence-electron chi connectivity index (χ3n) is 3.35. The van der Waals surface area contributed by atoms with Crippen LogP contribution in [0.5, 0.6) is 5.75 Å². The van der Waals surface area contributed by atoms with Crippen LogP contribution in [0.15, 0.2) is 47.4 Å². The molecule has 24 heavy (non-hydrogen) atoms. The molecule has 0 aromatic heterocycles. The van der Waals surface area contributed by atoms with Crippen LogP contribution in [0.2, 0.25) is 0 Å². The van der Waals surface area contributed by atoms with Crippen LogP contribution in [-0.4, -0.2) is 24.2 Å². The number of carbonyl (C=O) groups is 2. The molecule has 2 aromatic rings. The summed E-state index contributed by atoms with van der Waals surface area (Å²) in [5, 5.41) is 5.55. The fraction of sp³-hybridized carbons (Fsp3) is 0.176. The summed E-state index contributed by atoms with van der Waals surface area (Å²) in [5.41, 5.74) is 1.65. The van der Waals surface area contributed by atoms with Gasteiger partial charge in [-0.25, -0.2) is 4.39 Å². The van der Waals surface area contributed by atoms with Crippen molar-refractivity contribution >= 4 is 29.3 Å². The van der Waals surface area contributed by atoms with Crippen molar-refractivity contribution in [3.8, 4) is 5.75 Å². The minimum atomic E-state index is -0.357. The molecule has 0 radical (unpaired) electrons. The molecule has 2 N–H and O–H groups in total. The van der Waals surface area contributed by atoms with E-state index in [1.807, 2.05) is 18.2 Å². The molecule has 0 saturated carbocycles. The molecule has 0 spiro atoms. The third kappa shape index (κ3) is 4.26. The molecule has 0 fully saturated rings. The first-order valence-electron chi connectivity index (χ1n) is 7.31. The van der Waals surface area contributed by atoms with Gasteiger partial charge in [-0.1, -0.05) is 6.07 Å². The number of nitrogens with one attached hydrogen (secondary N) is 2. The zero-order chi connectivity index (χ0) is 16.9. The number of rotatable bonds is 5. The molecule has 1 aliphatic heterocycles. The standard InChI is InChI=1S/C17H15FN2O3S/c18-12-2-4-13(5-3-12)23-9-16(21)19-8-11-1-6-15-14(7-11)20-17(22)10-24-15/h1-7H,8-10H2,(H,19,21)(H,20,22). The number of amides is 2. The van der Waals surface area contributed by atoms with Gasteiger partial charge in [-0.05, 0) is 42.0 Å². The molecule has 0 atom stereocenters. The monoisotopic (exact) mass is 346 g/mol. The smallest absolute Gasteiger partial charge is 0.258 e. The first-order chi connectivity index (χ1) is 11.6. The number of ether oxygens (including phenoxy) is 1. The van der Waals surface area contributed by atoms with Crippen molar-refractivity contribution < 1.29 is 18.7 Å². The maximum atomic E-state index is 12.8. The quantitative estimate of drug-likeness (QED) is 0.873. The zero-order valence-electron chi connectivity index (χ0n) is 12.7. The van der Waals surface area contributed by atoms with E-state index >= 15 is 0 Å². The molecule has 0 saturated heterocycles. The van der Waals surface area contributed by atoms with E-state index < -0.39 is 0 Å². The Bertz CT molecular complexity index is 765. The lowest BCUT2D eigenvalue weighted by Crippen LogP contribution is -2.28. The van der Waals surface area contributed by atoms with Gasteiger partial charge in [0.15, 0.2) is 6.61 Å². The largest absolute Gasteiger partial charge is 0.484 e. The molecule has 3 rings (SSSR count). The van der Waals surface area contributed by atoms with Crippen LogP contribution in [0, 0.1) is 5.82 Å². The maximum Gasteiger partial charge on any atom is 0.258 e. The Kier molecular flexibility index (Phi) is 5.00. The Labute approximate surface area is 142 Å². The van der Waals surface area contributed by atoms with E-state index in [4.69, 9.17) is 4.74 Å². The van der Waals surface area contributed by atoms with Crippen LogP contribution in [0.3, 0.4) is 0 Å². The highest BCUT2D eigenvalue weighted by Gasteiger charge is 2.15. The summed E-state index contributed by atoms with van der Waals surface area (Å²) in [6.07, 6.45) is 0. The van der Waals surface area contributed by atoms with Gasteiger partial charge in [-0.2, -0.15) is 0 Å². The van der Waals surface area contributed by atoms with Gasteiger partial charge in [-0.3, -0.25) is 9.59 Å². The Hall–Kier alpha value is -2.54. The van der Waals surface area contributed by atoms with E-state index in [1.165, 1.54) is 36.0 Å². The maximum absolute atomic E-state index is 12.8. The van der Waals surface area contributed by atoms with Crippen LogP contribution in [0.1, 0.15) is 5.56 Å². The van der Waals surface area contributed by atoms with Crippen molar-refractivity contribution in [2.45, 2.75) is 11.4 Å². The number of anilines is 1. The molecule has 1 aliphatic rings. The SMILES string of the molecule is O=C(COc1ccc(F)cc1)NCc1ccc2c(c1)NC(=O)CS2. The normalized spacial score (nSPS) is 13.0. The van der Waals surface area contributed by atoms with Gasteiger partial charge in [0.1, 0.15) is 11.6 Å². The third-order valence-corrected chi connectivity index (χ3v) is 4.42. The van der Waals surface area contributed by atoms with Crippen LogP contribution in [-0.2, 0) is 16.1 Å². The van der Waals surface area contributed by atoms with Crippen molar-refractivity contribution in [1.82, 2.24) is 5.32 Å². The molecular weight excluding hydrogens is 331 g/mol. The summed E-state index contributed by atoms with van der Waals surface area (Å²) in [6, 6.07) is 11.2. The summed E-state index contributed by atoms with van der Waals surface area (Å²) < 4.78 is 18.1. The van der Waals surface area contributed by atoms with E-state index in [9.17, 15) is 14.0 Å². The van der Waals surface area contributed by atoms with Gasteiger partial charge in [0.05, 0.1) is 11.4 Å². The van der Waals surface area contributed by atoms with Crippen LogP contribution in [0.4, 0.5) is 10.1 Å². The number of fused-ring (bicyclic) bond motifs is 1. The first kappa shape index (κ1) is 16.3. The van der Waals surface area contributed by atoms with Crippen molar-refractivity contribution in [3.05, 3.63) is 53.8 Å². The Morgan fingerprint density at radius 2 is 2.04 bits per heavy atom. The van der Waals surface area contributed by atoms with Crippen molar-refractivity contribution in [2.75, 3.05) is 17.7 Å². The van der Waals surface area contributed by atoms with Crippen molar-refractivity contribution in [1.29, 1.82) is 0 Å². The van der Waals surface area contributed by atoms with Crippen molar-refractivity contribution in [2.24, 2.45) is 0 Å². The van der Waals surface area contributed by atoms with E-state index in [2.05, 4.69) is 10.6 Å². The zero-order valence-corrected chi connectivity index (χ0v) is 13.5. The Morgan fingerprint density at radius 1 is 1.25 bits per heavy atom. The first-order valence-corrected chi connectivity index (χ1v) is 8.29. The second kappa shape index (κ2) is 7.35. The number of carbonyl (C=O) groups excluding carboxylic acids is 2. The van der Waals surface area contributed by atoms with Gasteiger partial charge in [0.25, 0.3) is 5.91 Å². The highest BCUT2D eigenvalue weighted by Crippen LogP contribution is 2.31. The van der Waals surface area contributed by atoms with Gasteiger partial charge < -0.3 is 15.4 Å². The average Bonchev–Trinajstić information content (AvgIpc) is 2.59. The molecule has 0 unspecified atom stereocenters. The molecule has 2 aromatic carbocycles. The molecule has 7 heteroatoms. The molecule has 124 valence electrons. The van der Waals surface area contributed by atoms with E-state index in [0.717, 1.165) is 16.1 Å².